The molecule has 0 radical (unpaired) electrons. The van der Waals surface area contributed by atoms with E-state index in [0.29, 0.717) is 6.21 Å². The molecule has 0 unspecified atom stereocenters. The number of methoxy groups -OCH3 is 1. The fourth-order valence-electron chi connectivity index (χ4n) is 1.64. The molecule has 22 heavy (non-hydrogen) atoms. The average molecular weight is 314 g/mol. The van der Waals surface area contributed by atoms with E-state index in [1.165, 1.54) is 7.11 Å². The fourth-order valence-corrected chi connectivity index (χ4v) is 1.64. The first kappa shape index (κ1) is 20.2. The summed E-state index contributed by atoms with van der Waals surface area (Å²) in [6, 6.07) is -0.912. The second-order valence-corrected chi connectivity index (χ2v) is 5.43. The van der Waals surface area contributed by atoms with Crippen molar-refractivity contribution in [2.45, 2.75) is 58.8 Å². The molecule has 2 N–H and O–H groups in total. The Balaban J connectivity index is 4.83. The highest BCUT2D eigenvalue weighted by molar-refractivity contribution is 6.26. The molecule has 0 saturated carbocycles. The molecule has 0 aliphatic heterocycles. The van der Waals surface area contributed by atoms with Gasteiger partial charge in [0.15, 0.2) is 5.78 Å². The maximum absolute atomic E-state index is 12.1. The van der Waals surface area contributed by atoms with E-state index in [9.17, 15) is 14.4 Å². The molecule has 7 nitrogen and oxygen atoms in total. The first-order chi connectivity index (χ1) is 10.2. The van der Waals surface area contributed by atoms with Gasteiger partial charge in [-0.05, 0) is 27.2 Å². The van der Waals surface area contributed by atoms with Crippen LogP contribution in [0.15, 0.2) is 0 Å². The van der Waals surface area contributed by atoms with Crippen LogP contribution in [0.4, 0.5) is 0 Å². The van der Waals surface area contributed by atoms with Crippen LogP contribution < -0.4 is 5.32 Å². The molecule has 3 atom stereocenters. The Hall–Kier alpha value is -1.76. The molecule has 0 heterocycles. The van der Waals surface area contributed by atoms with E-state index < -0.39 is 23.7 Å². The molecule has 0 aliphatic carbocycles. The van der Waals surface area contributed by atoms with Crippen LogP contribution in [0.3, 0.4) is 0 Å². The summed E-state index contributed by atoms with van der Waals surface area (Å²) in [4.78, 5) is 35.4. The van der Waals surface area contributed by atoms with E-state index in [0.717, 1.165) is 0 Å². The molecule has 0 saturated heterocycles. The molecule has 0 spiro atoms. The summed E-state index contributed by atoms with van der Waals surface area (Å²) in [5.74, 6) is -1.78. The topological polar surface area (TPSA) is 106 Å². The highest BCUT2D eigenvalue weighted by Crippen LogP contribution is 2.09. The van der Waals surface area contributed by atoms with Gasteiger partial charge in [-0.15, -0.1) is 0 Å². The zero-order valence-electron chi connectivity index (χ0n) is 13.8. The largest absolute Gasteiger partial charge is 0.461 e. The monoisotopic (exact) mass is 314 g/mol. The maximum atomic E-state index is 12.1. The van der Waals surface area contributed by atoms with Crippen molar-refractivity contribution in [2.75, 3.05) is 7.11 Å². The van der Waals surface area contributed by atoms with Crippen LogP contribution >= 0.6 is 0 Å². The summed E-state index contributed by atoms with van der Waals surface area (Å²) in [7, 11) is 1.50. The minimum Gasteiger partial charge on any atom is -0.461 e. The Kier molecular flexibility index (Phi) is 9.24. The van der Waals surface area contributed by atoms with Gasteiger partial charge in [0.1, 0.15) is 6.04 Å². The first-order valence-electron chi connectivity index (χ1n) is 7.29. The van der Waals surface area contributed by atoms with Crippen molar-refractivity contribution in [2.24, 2.45) is 5.92 Å². The van der Waals surface area contributed by atoms with Gasteiger partial charge in [0.25, 0.3) is 0 Å². The van der Waals surface area contributed by atoms with E-state index in [4.69, 9.17) is 14.9 Å². The number of hydrogen-bond acceptors (Lipinski definition) is 6. The molecule has 126 valence electrons. The SMILES string of the molecule is CO[C@@H](C)[C@H](C)C(=O)N[C@@H](CCC(=O)C=N)C(=O)OC(C)C. The molecule has 0 aliphatic rings. The number of amides is 1. The molecule has 1 amide bonds. The highest BCUT2D eigenvalue weighted by atomic mass is 16.5. The minimum atomic E-state index is -0.912. The zero-order valence-corrected chi connectivity index (χ0v) is 13.8. The second-order valence-electron chi connectivity index (χ2n) is 5.43. The van der Waals surface area contributed by atoms with E-state index in [1.807, 2.05) is 0 Å². The molecule has 0 bridgehead atoms. The summed E-state index contributed by atoms with van der Waals surface area (Å²) in [5.41, 5.74) is 0. The summed E-state index contributed by atoms with van der Waals surface area (Å²) in [5, 5.41) is 9.47. The number of carbonyl (C=O) groups is 3. The van der Waals surface area contributed by atoms with Crippen molar-refractivity contribution in [1.29, 1.82) is 5.41 Å². The lowest BCUT2D eigenvalue weighted by atomic mass is 10.0. The number of nitrogens with one attached hydrogen (secondary N) is 2. The summed E-state index contributed by atoms with van der Waals surface area (Å²) in [6.45, 7) is 6.85. The van der Waals surface area contributed by atoms with Gasteiger partial charge in [0, 0.05) is 13.5 Å². The Bertz CT molecular complexity index is 409. The molecule has 0 aromatic rings. The Labute approximate surface area is 131 Å². The Morgan fingerprint density at radius 3 is 2.23 bits per heavy atom. The van der Waals surface area contributed by atoms with Gasteiger partial charge in [-0.25, -0.2) is 4.79 Å². The predicted octanol–water partition coefficient (Wildman–Crippen LogP) is 1.09. The quantitative estimate of drug-likeness (QED) is 0.464. The number of hydrogen-bond donors (Lipinski definition) is 2. The van der Waals surface area contributed by atoms with Gasteiger partial charge in [-0.1, -0.05) is 6.92 Å². The van der Waals surface area contributed by atoms with Gasteiger partial charge < -0.3 is 20.2 Å². The molecular weight excluding hydrogens is 288 g/mol. The van der Waals surface area contributed by atoms with E-state index in [2.05, 4.69) is 5.32 Å². The van der Waals surface area contributed by atoms with Gasteiger partial charge in [0.05, 0.1) is 24.3 Å². The van der Waals surface area contributed by atoms with Gasteiger partial charge in [-0.3, -0.25) is 9.59 Å². The standard InChI is InChI=1S/C15H26N2O5/c1-9(2)22-15(20)13(7-6-12(18)8-16)17-14(19)10(3)11(4)21-5/h8-11,13,16H,6-7H2,1-5H3,(H,17,19)/t10-,11-,13-/m0/s1. The van der Waals surface area contributed by atoms with Gasteiger partial charge in [0.2, 0.25) is 5.91 Å². The molecule has 0 aromatic heterocycles. The second kappa shape index (κ2) is 10.0. The van der Waals surface area contributed by atoms with Crippen molar-refractivity contribution in [1.82, 2.24) is 5.32 Å². The van der Waals surface area contributed by atoms with Gasteiger partial charge >= 0.3 is 5.97 Å². The third-order valence-electron chi connectivity index (χ3n) is 3.28. The van der Waals surface area contributed by atoms with Crippen LogP contribution in [0.2, 0.25) is 0 Å². The maximum Gasteiger partial charge on any atom is 0.328 e. The lowest BCUT2D eigenvalue weighted by molar-refractivity contribution is -0.152. The van der Waals surface area contributed by atoms with Gasteiger partial charge in [-0.2, -0.15) is 0 Å². The number of ketones is 1. The van der Waals surface area contributed by atoms with E-state index >= 15 is 0 Å². The van der Waals surface area contributed by atoms with Crippen molar-refractivity contribution < 1.29 is 23.9 Å². The molecule has 0 fully saturated rings. The van der Waals surface area contributed by atoms with E-state index in [-0.39, 0.29) is 31.0 Å². The lowest BCUT2D eigenvalue weighted by Gasteiger charge is -2.23. The van der Waals surface area contributed by atoms with Crippen LogP contribution in [0.25, 0.3) is 0 Å². The zero-order chi connectivity index (χ0) is 17.3. The van der Waals surface area contributed by atoms with Crippen LogP contribution in [-0.4, -0.2) is 49.2 Å². The Morgan fingerprint density at radius 2 is 1.77 bits per heavy atom. The predicted molar refractivity (Wildman–Crippen MR) is 81.8 cm³/mol. The summed E-state index contributed by atoms with van der Waals surface area (Å²) in [6.07, 6.45) is 0.170. The smallest absolute Gasteiger partial charge is 0.328 e. The number of Topliss-reactive ketones (excluding diaryl/α,β-unsaturated/α-hetero) is 1. The third kappa shape index (κ3) is 7.31. The highest BCUT2D eigenvalue weighted by Gasteiger charge is 2.27. The summed E-state index contributed by atoms with van der Waals surface area (Å²) >= 11 is 0. The molecule has 0 aromatic carbocycles. The lowest BCUT2D eigenvalue weighted by Crippen LogP contribution is -2.46. The average Bonchev–Trinajstić information content (AvgIpc) is 2.48. The Morgan fingerprint density at radius 1 is 1.18 bits per heavy atom. The van der Waals surface area contributed by atoms with Crippen LogP contribution in [0, 0.1) is 11.3 Å². The fraction of sp³-hybridized carbons (Fsp3) is 0.733. The van der Waals surface area contributed by atoms with Crippen molar-refractivity contribution in [3.8, 4) is 0 Å². The van der Waals surface area contributed by atoms with Crippen LogP contribution in [0.1, 0.15) is 40.5 Å². The number of carbonyl (C=O) groups excluding carboxylic acids is 3. The van der Waals surface area contributed by atoms with Crippen LogP contribution in [0.5, 0.6) is 0 Å². The van der Waals surface area contributed by atoms with Crippen LogP contribution in [-0.2, 0) is 23.9 Å². The summed E-state index contributed by atoms with van der Waals surface area (Å²) < 4.78 is 10.2. The van der Waals surface area contributed by atoms with Crippen molar-refractivity contribution in [3.63, 3.8) is 0 Å². The number of esters is 1. The third-order valence-corrected chi connectivity index (χ3v) is 3.28. The number of ether oxygens (including phenoxy) is 2. The normalized spacial score (nSPS) is 14.8. The van der Waals surface area contributed by atoms with E-state index in [1.54, 1.807) is 27.7 Å². The minimum absolute atomic E-state index is 0.00411. The molecule has 0 rings (SSSR count). The van der Waals surface area contributed by atoms with Crippen molar-refractivity contribution in [3.05, 3.63) is 0 Å². The molecule has 7 heteroatoms. The van der Waals surface area contributed by atoms with Crippen molar-refractivity contribution >= 4 is 23.9 Å². The molecular formula is C15H26N2O5. The first-order valence-corrected chi connectivity index (χ1v) is 7.29. The number of rotatable bonds is 10.